The van der Waals surface area contributed by atoms with Crippen LogP contribution in [-0.4, -0.2) is 62.1 Å². The largest absolute Gasteiger partial charge is 0.494 e. The Bertz CT molecular complexity index is 1560. The first-order valence-corrected chi connectivity index (χ1v) is 19.9. The van der Waals surface area contributed by atoms with Crippen LogP contribution >= 0.6 is 7.60 Å². The summed E-state index contributed by atoms with van der Waals surface area (Å²) in [4.78, 5) is 44.6. The summed E-state index contributed by atoms with van der Waals surface area (Å²) in [6.45, 7) is 10.8. The van der Waals surface area contributed by atoms with E-state index in [1.165, 1.54) is 5.06 Å². The Kier molecular flexibility index (Phi) is 18.6. The van der Waals surface area contributed by atoms with E-state index in [0.717, 1.165) is 30.4 Å². The van der Waals surface area contributed by atoms with Crippen molar-refractivity contribution in [2.75, 3.05) is 32.8 Å². The lowest BCUT2D eigenvalue weighted by molar-refractivity contribution is -0.200. The molecule has 0 unspecified atom stereocenters. The number of nitrogens with one attached hydrogen (secondary N) is 3. The highest BCUT2D eigenvalue weighted by molar-refractivity contribution is 7.53. The molecule has 0 spiro atoms. The number of carbonyl (C=O) groups excluding carboxylic acids is 3. The maximum Gasteiger partial charge on any atom is 0.344 e. The summed E-state index contributed by atoms with van der Waals surface area (Å²) in [6.07, 6.45) is 4.46. The molecule has 1 heterocycles. The zero-order chi connectivity index (χ0) is 37.8. The fourth-order valence-electron chi connectivity index (χ4n) is 5.74. The molecule has 0 aliphatic carbocycles. The fraction of sp³-hybridized carbons (Fsp3) is 0.500. The summed E-state index contributed by atoms with van der Waals surface area (Å²) < 4.78 is 35.3. The van der Waals surface area contributed by atoms with Crippen molar-refractivity contribution in [1.29, 1.82) is 0 Å². The predicted molar refractivity (Wildman–Crippen MR) is 199 cm³/mol. The van der Waals surface area contributed by atoms with Crippen molar-refractivity contribution in [3.63, 3.8) is 0 Å². The molecule has 3 aromatic rings. The summed E-state index contributed by atoms with van der Waals surface area (Å²) in [5.41, 5.74) is 2.42. The van der Waals surface area contributed by atoms with Crippen molar-refractivity contribution in [3.8, 4) is 17.1 Å². The molecule has 2 atom stereocenters. The minimum absolute atomic E-state index is 0.0421. The van der Waals surface area contributed by atoms with E-state index in [1.54, 1.807) is 26.0 Å². The number of hydrogen-bond acceptors (Lipinski definition) is 10. The van der Waals surface area contributed by atoms with Gasteiger partial charge in [0.25, 0.3) is 5.91 Å². The van der Waals surface area contributed by atoms with Gasteiger partial charge in [-0.15, -0.1) is 0 Å². The highest BCUT2D eigenvalue weighted by atomic mass is 31.2. The average molecular weight is 743 g/mol. The lowest BCUT2D eigenvalue weighted by Crippen LogP contribution is -2.48. The molecule has 13 nitrogen and oxygen atoms in total. The summed E-state index contributed by atoms with van der Waals surface area (Å²) in [6, 6.07) is 17.8. The van der Waals surface area contributed by atoms with Crippen LogP contribution in [0.15, 0.2) is 65.1 Å². The molecule has 0 saturated carbocycles. The first kappa shape index (κ1) is 42.4. The molecule has 52 heavy (non-hydrogen) atoms. The topological polar surface area (TPSA) is 158 Å². The molecule has 14 heteroatoms. The Balaban J connectivity index is 1.65. The number of rotatable bonds is 26. The Hall–Kier alpha value is -4.00. The number of ether oxygens (including phenoxy) is 1. The number of carbonyl (C=O) groups is 3. The summed E-state index contributed by atoms with van der Waals surface area (Å²) in [5, 5.41) is 9.91. The second kappa shape index (κ2) is 22.8. The molecule has 0 fully saturated rings. The van der Waals surface area contributed by atoms with Crippen molar-refractivity contribution < 1.29 is 42.0 Å². The van der Waals surface area contributed by atoms with Gasteiger partial charge in [-0.3, -0.25) is 23.8 Å². The molecule has 3 rings (SSSR count). The van der Waals surface area contributed by atoms with E-state index >= 15 is 0 Å². The van der Waals surface area contributed by atoms with Gasteiger partial charge < -0.3 is 34.2 Å². The van der Waals surface area contributed by atoms with E-state index in [0.29, 0.717) is 49.5 Å². The van der Waals surface area contributed by atoms with E-state index in [2.05, 4.69) is 22.9 Å². The van der Waals surface area contributed by atoms with E-state index in [4.69, 9.17) is 23.0 Å². The third-order valence-electron chi connectivity index (χ3n) is 8.18. The SMILES string of the molecule is CCCCC[C@@H](C(=O)NCNC(=O)c1ccc(-c2cc(CNCP(=O)(OCC)OCC)cc(OCC)c2)o1)[C@@H](CC)N(C=O)OCc1ccccc1. The van der Waals surface area contributed by atoms with E-state index in [-0.39, 0.29) is 44.4 Å². The number of nitrogens with zero attached hydrogens (tertiary/aromatic N) is 1. The first-order valence-electron chi connectivity index (χ1n) is 18.1. The van der Waals surface area contributed by atoms with Crippen molar-refractivity contribution in [2.45, 2.75) is 85.9 Å². The average Bonchev–Trinajstić information content (AvgIpc) is 3.64. The zero-order valence-electron chi connectivity index (χ0n) is 31.1. The van der Waals surface area contributed by atoms with E-state index < -0.39 is 25.5 Å². The van der Waals surface area contributed by atoms with Gasteiger partial charge in [0.15, 0.2) is 5.76 Å². The van der Waals surface area contributed by atoms with Gasteiger partial charge in [0.05, 0.1) is 44.7 Å². The second-order valence-electron chi connectivity index (χ2n) is 12.0. The number of unbranched alkanes of at least 4 members (excludes halogenated alkanes) is 2. The van der Waals surface area contributed by atoms with Crippen LogP contribution < -0.4 is 20.7 Å². The molecular weight excluding hydrogens is 687 g/mol. The monoisotopic (exact) mass is 742 g/mol. The van der Waals surface area contributed by atoms with E-state index in [9.17, 15) is 18.9 Å². The number of amides is 3. The smallest absolute Gasteiger partial charge is 0.344 e. The third-order valence-corrected chi connectivity index (χ3v) is 10.1. The Morgan fingerprint density at radius 1 is 0.904 bits per heavy atom. The zero-order valence-corrected chi connectivity index (χ0v) is 32.0. The maximum atomic E-state index is 13.5. The molecule has 0 aliphatic rings. The molecule has 3 N–H and O–H groups in total. The Labute approximate surface area is 307 Å². The van der Waals surface area contributed by atoms with Gasteiger partial charge in [-0.05, 0) is 75.1 Å². The summed E-state index contributed by atoms with van der Waals surface area (Å²) in [5.74, 6) is -0.225. The molecule has 286 valence electrons. The van der Waals surface area contributed by atoms with Gasteiger partial charge in [-0.25, -0.2) is 5.06 Å². The Morgan fingerprint density at radius 3 is 2.31 bits per heavy atom. The first-order chi connectivity index (χ1) is 25.2. The highest BCUT2D eigenvalue weighted by Crippen LogP contribution is 2.46. The molecular formula is C38H55N4O9P. The van der Waals surface area contributed by atoms with Crippen LogP contribution in [0.4, 0.5) is 0 Å². The van der Waals surface area contributed by atoms with Crippen molar-refractivity contribution >= 4 is 25.8 Å². The highest BCUT2D eigenvalue weighted by Gasteiger charge is 2.32. The fourth-order valence-corrected chi connectivity index (χ4v) is 7.17. The minimum Gasteiger partial charge on any atom is -0.494 e. The van der Waals surface area contributed by atoms with Crippen molar-refractivity contribution in [1.82, 2.24) is 21.0 Å². The van der Waals surface area contributed by atoms with Crippen LogP contribution in [0.1, 0.15) is 88.4 Å². The number of hydrogen-bond donors (Lipinski definition) is 3. The van der Waals surface area contributed by atoms with Gasteiger partial charge >= 0.3 is 7.60 Å². The number of benzene rings is 2. The Morgan fingerprint density at radius 2 is 1.65 bits per heavy atom. The van der Waals surface area contributed by atoms with Crippen LogP contribution in [0.3, 0.4) is 0 Å². The van der Waals surface area contributed by atoms with Crippen molar-refractivity contribution in [2.24, 2.45) is 5.92 Å². The van der Waals surface area contributed by atoms with Crippen LogP contribution in [0.25, 0.3) is 11.3 Å². The minimum atomic E-state index is -3.27. The molecule has 0 aliphatic heterocycles. The predicted octanol–water partition coefficient (Wildman–Crippen LogP) is 7.03. The van der Waals surface area contributed by atoms with Gasteiger partial charge in [0.2, 0.25) is 12.3 Å². The quantitative estimate of drug-likeness (QED) is 0.0257. The lowest BCUT2D eigenvalue weighted by Gasteiger charge is -2.32. The lowest BCUT2D eigenvalue weighted by atomic mass is 9.90. The summed E-state index contributed by atoms with van der Waals surface area (Å²) >= 11 is 0. The molecule has 3 amide bonds. The van der Waals surface area contributed by atoms with Gasteiger partial charge in [-0.1, -0.05) is 63.4 Å². The van der Waals surface area contributed by atoms with Crippen molar-refractivity contribution in [3.05, 3.63) is 77.6 Å². The number of furan rings is 1. The van der Waals surface area contributed by atoms with Crippen LogP contribution in [-0.2, 0) is 41.2 Å². The summed E-state index contributed by atoms with van der Waals surface area (Å²) in [7, 11) is -3.27. The number of hydroxylamine groups is 2. The van der Waals surface area contributed by atoms with Crippen LogP contribution in [0, 0.1) is 5.92 Å². The maximum absolute atomic E-state index is 13.5. The molecule has 0 radical (unpaired) electrons. The third kappa shape index (κ3) is 13.5. The molecule has 2 aromatic carbocycles. The van der Waals surface area contributed by atoms with E-state index in [1.807, 2.05) is 62.4 Å². The molecule has 1 aromatic heterocycles. The standard InChI is InChI=1S/C38H55N4O9P/c1-6-11-13-18-33(34(7-2)42(28-43)48-25-29-16-14-12-15-17-29)37(44)40-26-41-38(45)36-20-19-35(51-36)31-21-30(22-32(23-31)47-8-3)24-39-27-52(46,49-9-4)50-10-5/h12,14-17,19-23,28,33-34,39H,6-11,13,18,24-27H2,1-5H3,(H,40,44)(H,41,45)/t33-,34-/m1/s1. The molecule has 0 saturated heterocycles. The van der Waals surface area contributed by atoms with Gasteiger partial charge in [0.1, 0.15) is 18.1 Å². The normalized spacial score (nSPS) is 12.6. The van der Waals surface area contributed by atoms with Gasteiger partial charge in [-0.2, -0.15) is 0 Å². The van der Waals surface area contributed by atoms with Crippen LogP contribution in [0.2, 0.25) is 0 Å². The van der Waals surface area contributed by atoms with Crippen LogP contribution in [0.5, 0.6) is 5.75 Å². The van der Waals surface area contributed by atoms with Gasteiger partial charge in [0, 0.05) is 12.1 Å². The molecule has 0 bridgehead atoms. The second-order valence-corrected chi connectivity index (χ2v) is 14.1.